The van der Waals surface area contributed by atoms with Crippen molar-refractivity contribution in [1.29, 1.82) is 0 Å². The molecule has 3 aromatic rings. The van der Waals surface area contributed by atoms with Gasteiger partial charge in [-0.25, -0.2) is 0 Å². The van der Waals surface area contributed by atoms with Gasteiger partial charge in [0, 0.05) is 18.9 Å². The Bertz CT molecular complexity index is 1360. The monoisotopic (exact) mass is 638 g/mol. The van der Waals surface area contributed by atoms with Gasteiger partial charge in [-0.2, -0.15) is 0 Å². The number of aliphatic hydroxyl groups excluding tert-OH is 2. The van der Waals surface area contributed by atoms with E-state index in [2.05, 4.69) is 81.6 Å². The SMILES string of the molecule is C=C(CO)CCOc1cc(OCCC(=C)CO)cc(-c2ccc(-c3ccc(CCC4CCC(CCCCC)CC4)cc3)cc2CC)c1. The summed E-state index contributed by atoms with van der Waals surface area (Å²) in [4.78, 5) is 0. The number of aliphatic hydroxyl groups is 2. The van der Waals surface area contributed by atoms with Crippen molar-refractivity contribution < 1.29 is 19.7 Å². The number of benzene rings is 3. The van der Waals surface area contributed by atoms with Crippen LogP contribution in [0.1, 0.15) is 95.6 Å². The van der Waals surface area contributed by atoms with Gasteiger partial charge in [0.15, 0.2) is 0 Å². The first-order chi connectivity index (χ1) is 22.9. The van der Waals surface area contributed by atoms with Crippen LogP contribution in [0.15, 0.2) is 85.0 Å². The molecule has 0 saturated heterocycles. The summed E-state index contributed by atoms with van der Waals surface area (Å²) in [5.41, 5.74) is 8.86. The lowest BCUT2D eigenvalue weighted by Crippen LogP contribution is -2.15. The zero-order valence-corrected chi connectivity index (χ0v) is 29.1. The van der Waals surface area contributed by atoms with Crippen molar-refractivity contribution in [1.82, 2.24) is 0 Å². The Morgan fingerprint density at radius 3 is 1.81 bits per heavy atom. The lowest BCUT2D eigenvalue weighted by atomic mass is 9.78. The topological polar surface area (TPSA) is 58.9 Å². The lowest BCUT2D eigenvalue weighted by molar-refractivity contribution is 0.249. The van der Waals surface area contributed by atoms with E-state index >= 15 is 0 Å². The molecule has 0 heterocycles. The van der Waals surface area contributed by atoms with Crippen molar-refractivity contribution in [3.63, 3.8) is 0 Å². The second kappa shape index (κ2) is 19.5. The Hall–Kier alpha value is -3.34. The highest BCUT2D eigenvalue weighted by Crippen LogP contribution is 2.36. The van der Waals surface area contributed by atoms with Gasteiger partial charge in [-0.15, -0.1) is 0 Å². The van der Waals surface area contributed by atoms with E-state index in [0.29, 0.717) is 37.6 Å². The van der Waals surface area contributed by atoms with E-state index < -0.39 is 0 Å². The summed E-state index contributed by atoms with van der Waals surface area (Å²) < 4.78 is 12.2. The van der Waals surface area contributed by atoms with Gasteiger partial charge in [-0.05, 0) is 87.8 Å². The minimum absolute atomic E-state index is 0.0401. The molecule has 0 aromatic heterocycles. The molecule has 1 saturated carbocycles. The van der Waals surface area contributed by atoms with Crippen LogP contribution in [-0.4, -0.2) is 36.6 Å². The highest BCUT2D eigenvalue weighted by Gasteiger charge is 2.20. The Labute approximate surface area is 284 Å². The van der Waals surface area contributed by atoms with Gasteiger partial charge in [0.2, 0.25) is 0 Å². The smallest absolute Gasteiger partial charge is 0.123 e. The number of rotatable bonds is 20. The molecule has 3 aromatic carbocycles. The predicted octanol–water partition coefficient (Wildman–Crippen LogP) is 10.5. The molecule has 4 rings (SSSR count). The summed E-state index contributed by atoms with van der Waals surface area (Å²) in [5, 5.41) is 18.6. The first-order valence-corrected chi connectivity index (χ1v) is 18.1. The highest BCUT2D eigenvalue weighted by atomic mass is 16.5. The lowest BCUT2D eigenvalue weighted by Gasteiger charge is -2.28. The maximum absolute atomic E-state index is 9.31. The maximum Gasteiger partial charge on any atom is 0.123 e. The molecule has 0 spiro atoms. The maximum atomic E-state index is 9.31. The minimum atomic E-state index is -0.0401. The van der Waals surface area contributed by atoms with Crippen molar-refractivity contribution >= 4 is 0 Å². The summed E-state index contributed by atoms with van der Waals surface area (Å²) >= 11 is 0. The van der Waals surface area contributed by atoms with E-state index in [1.807, 2.05) is 6.07 Å². The number of aryl methyl sites for hydroxylation is 2. The van der Waals surface area contributed by atoms with Gasteiger partial charge in [-0.1, -0.05) is 121 Å². The minimum Gasteiger partial charge on any atom is -0.493 e. The van der Waals surface area contributed by atoms with Crippen molar-refractivity contribution in [2.75, 3.05) is 26.4 Å². The van der Waals surface area contributed by atoms with E-state index in [1.54, 1.807) is 0 Å². The number of unbranched alkanes of at least 4 members (excludes halogenated alkanes) is 2. The van der Waals surface area contributed by atoms with E-state index in [-0.39, 0.29) is 13.2 Å². The molecule has 1 aliphatic carbocycles. The van der Waals surface area contributed by atoms with Crippen LogP contribution in [0.3, 0.4) is 0 Å². The van der Waals surface area contributed by atoms with Crippen molar-refractivity contribution in [2.24, 2.45) is 11.8 Å². The van der Waals surface area contributed by atoms with Gasteiger partial charge in [0.05, 0.1) is 26.4 Å². The van der Waals surface area contributed by atoms with Gasteiger partial charge >= 0.3 is 0 Å². The molecule has 0 amide bonds. The van der Waals surface area contributed by atoms with Crippen LogP contribution < -0.4 is 9.47 Å². The number of hydrogen-bond acceptors (Lipinski definition) is 4. The zero-order valence-electron chi connectivity index (χ0n) is 29.1. The van der Waals surface area contributed by atoms with Crippen LogP contribution in [0.4, 0.5) is 0 Å². The van der Waals surface area contributed by atoms with Crippen LogP contribution in [0.5, 0.6) is 11.5 Å². The molecule has 0 unspecified atom stereocenters. The van der Waals surface area contributed by atoms with Crippen molar-refractivity contribution in [2.45, 2.75) is 97.3 Å². The van der Waals surface area contributed by atoms with Crippen molar-refractivity contribution in [3.8, 4) is 33.8 Å². The Morgan fingerprint density at radius 1 is 0.681 bits per heavy atom. The fraction of sp³-hybridized carbons (Fsp3) is 0.488. The molecule has 0 atom stereocenters. The normalized spacial score (nSPS) is 16.2. The van der Waals surface area contributed by atoms with Crippen molar-refractivity contribution in [3.05, 3.63) is 96.1 Å². The molecule has 0 radical (unpaired) electrons. The predicted molar refractivity (Wildman–Crippen MR) is 197 cm³/mol. The van der Waals surface area contributed by atoms with E-state index in [9.17, 15) is 10.2 Å². The van der Waals surface area contributed by atoms with Crippen LogP contribution in [-0.2, 0) is 12.8 Å². The molecular weight excluding hydrogens is 580 g/mol. The molecule has 0 bridgehead atoms. The average Bonchev–Trinajstić information content (AvgIpc) is 3.11. The summed E-state index contributed by atoms with van der Waals surface area (Å²) in [6, 6.07) is 22.0. The molecule has 254 valence electrons. The third kappa shape index (κ3) is 11.7. The fourth-order valence-electron chi connectivity index (χ4n) is 6.75. The molecule has 4 heteroatoms. The molecule has 0 aliphatic heterocycles. The van der Waals surface area contributed by atoms with E-state index in [1.165, 1.54) is 86.5 Å². The van der Waals surface area contributed by atoms with Gasteiger partial charge < -0.3 is 19.7 Å². The second-order valence-corrected chi connectivity index (χ2v) is 13.5. The Balaban J connectivity index is 1.42. The summed E-state index contributed by atoms with van der Waals surface area (Å²) in [6.45, 7) is 13.0. The van der Waals surface area contributed by atoms with E-state index in [0.717, 1.165) is 40.5 Å². The van der Waals surface area contributed by atoms with Gasteiger partial charge in [-0.3, -0.25) is 0 Å². The first kappa shape index (κ1) is 36.5. The van der Waals surface area contributed by atoms with Crippen LogP contribution in [0.2, 0.25) is 0 Å². The Kier molecular flexibility index (Phi) is 15.1. The summed E-state index contributed by atoms with van der Waals surface area (Å²) in [6.07, 6.45) is 15.9. The third-order valence-corrected chi connectivity index (χ3v) is 9.88. The largest absolute Gasteiger partial charge is 0.493 e. The molecule has 1 aliphatic rings. The molecule has 47 heavy (non-hydrogen) atoms. The molecule has 1 fully saturated rings. The summed E-state index contributed by atoms with van der Waals surface area (Å²) in [7, 11) is 0. The second-order valence-electron chi connectivity index (χ2n) is 13.5. The standard InChI is InChI=1S/C43H58O4/c1-5-7-8-9-34-10-12-35(13-11-34)14-15-36-16-18-38(19-17-36)39-20-21-43(37(6-2)26-39)40-27-41(46-24-22-32(3)30-44)29-42(28-40)47-25-23-33(4)31-45/h16-21,26-29,34-35,44-45H,3-15,22-25,30-31H2,1-2H3. The molecule has 2 N–H and O–H groups in total. The van der Waals surface area contributed by atoms with Gasteiger partial charge in [0.25, 0.3) is 0 Å². The quantitative estimate of drug-likeness (QED) is 0.0955. The van der Waals surface area contributed by atoms with Crippen LogP contribution in [0.25, 0.3) is 22.3 Å². The molecular formula is C43H58O4. The Morgan fingerprint density at radius 2 is 1.26 bits per heavy atom. The van der Waals surface area contributed by atoms with Crippen LogP contribution in [0, 0.1) is 11.8 Å². The number of ether oxygens (including phenoxy) is 2. The van der Waals surface area contributed by atoms with Crippen LogP contribution >= 0.6 is 0 Å². The first-order valence-electron chi connectivity index (χ1n) is 18.1. The third-order valence-electron chi connectivity index (χ3n) is 9.88. The highest BCUT2D eigenvalue weighted by molar-refractivity contribution is 5.75. The van der Waals surface area contributed by atoms with Gasteiger partial charge in [0.1, 0.15) is 11.5 Å². The fourth-order valence-corrected chi connectivity index (χ4v) is 6.75. The average molecular weight is 639 g/mol. The summed E-state index contributed by atoms with van der Waals surface area (Å²) in [5.74, 6) is 3.30. The zero-order chi connectivity index (χ0) is 33.4. The number of hydrogen-bond donors (Lipinski definition) is 2. The van der Waals surface area contributed by atoms with E-state index in [4.69, 9.17) is 9.47 Å². The molecule has 4 nitrogen and oxygen atoms in total.